The van der Waals surface area contributed by atoms with Crippen LogP contribution in [0.1, 0.15) is 24.7 Å². The van der Waals surface area contributed by atoms with Crippen LogP contribution < -0.4 is 10.6 Å². The van der Waals surface area contributed by atoms with Crippen LogP contribution in [-0.4, -0.2) is 58.1 Å². The molecule has 2 aromatic heterocycles. The van der Waals surface area contributed by atoms with Crippen LogP contribution >= 0.6 is 0 Å². The van der Waals surface area contributed by atoms with E-state index in [4.69, 9.17) is 5.73 Å². The molecule has 3 N–H and O–H groups in total. The summed E-state index contributed by atoms with van der Waals surface area (Å²) < 4.78 is 0. The molecule has 0 aliphatic carbocycles. The van der Waals surface area contributed by atoms with Crippen molar-refractivity contribution in [2.24, 2.45) is 0 Å². The summed E-state index contributed by atoms with van der Waals surface area (Å²) in [5.41, 5.74) is 8.89. The van der Waals surface area contributed by atoms with Crippen LogP contribution in [0, 0.1) is 6.92 Å². The van der Waals surface area contributed by atoms with E-state index in [1.807, 2.05) is 13.0 Å². The predicted octanol–water partition coefficient (Wildman–Crippen LogP) is 1.46. The molecule has 0 saturated carbocycles. The average Bonchev–Trinajstić information content (AvgIpc) is 2.89. The first-order valence-electron chi connectivity index (χ1n) is 8.20. The van der Waals surface area contributed by atoms with Crippen molar-refractivity contribution in [3.05, 3.63) is 17.5 Å². The number of hydrogen-bond donors (Lipinski definition) is 2. The minimum absolute atomic E-state index is 0.294. The molecule has 0 atom stereocenters. The molecule has 1 saturated heterocycles. The van der Waals surface area contributed by atoms with Crippen molar-refractivity contribution in [3.8, 4) is 11.5 Å². The standard InChI is InChI=1S/C16H25N7/c1-4-5-12-11(2)18-15(19-12)13-10-14(21-16(17)20-13)23-8-6-22(3)7-9-23/h10H,4-9H2,1-3H3,(H,18,19)(H2,17,20,21). The van der Waals surface area contributed by atoms with Crippen molar-refractivity contribution in [3.63, 3.8) is 0 Å². The zero-order valence-electron chi connectivity index (χ0n) is 14.1. The highest BCUT2D eigenvalue weighted by Crippen LogP contribution is 2.23. The van der Waals surface area contributed by atoms with Crippen LogP contribution in [0.2, 0.25) is 0 Å². The highest BCUT2D eigenvalue weighted by molar-refractivity contribution is 5.59. The van der Waals surface area contributed by atoms with Crippen LogP contribution in [0.4, 0.5) is 11.8 Å². The van der Waals surface area contributed by atoms with Crippen LogP contribution in [-0.2, 0) is 6.42 Å². The molecule has 0 bridgehead atoms. The first-order valence-corrected chi connectivity index (χ1v) is 8.20. The van der Waals surface area contributed by atoms with Crippen molar-refractivity contribution in [2.45, 2.75) is 26.7 Å². The molecule has 1 aliphatic rings. The maximum Gasteiger partial charge on any atom is 0.222 e. The van der Waals surface area contributed by atoms with Crippen molar-refractivity contribution in [2.75, 3.05) is 43.9 Å². The summed E-state index contributed by atoms with van der Waals surface area (Å²) in [5.74, 6) is 1.95. The summed E-state index contributed by atoms with van der Waals surface area (Å²) in [4.78, 5) is 21.3. The summed E-state index contributed by atoms with van der Waals surface area (Å²) in [6.45, 7) is 8.16. The summed E-state index contributed by atoms with van der Waals surface area (Å²) in [6.07, 6.45) is 2.04. The van der Waals surface area contributed by atoms with Crippen LogP contribution in [0.15, 0.2) is 6.07 Å². The molecule has 3 rings (SSSR count). The Morgan fingerprint density at radius 2 is 1.91 bits per heavy atom. The second-order valence-electron chi connectivity index (χ2n) is 6.17. The number of rotatable bonds is 4. The van der Waals surface area contributed by atoms with Crippen LogP contribution in [0.3, 0.4) is 0 Å². The fourth-order valence-corrected chi connectivity index (χ4v) is 2.87. The van der Waals surface area contributed by atoms with Gasteiger partial charge in [-0.25, -0.2) is 9.97 Å². The Bertz CT molecular complexity index is 671. The fraction of sp³-hybridized carbons (Fsp3) is 0.562. The number of aromatic amines is 1. The van der Waals surface area contributed by atoms with E-state index in [2.05, 4.69) is 43.7 Å². The van der Waals surface area contributed by atoms with Crippen LogP contribution in [0.5, 0.6) is 0 Å². The number of nitrogens with zero attached hydrogens (tertiary/aromatic N) is 5. The van der Waals surface area contributed by atoms with Gasteiger partial charge < -0.3 is 20.5 Å². The number of hydrogen-bond acceptors (Lipinski definition) is 6. The largest absolute Gasteiger partial charge is 0.368 e. The van der Waals surface area contributed by atoms with Gasteiger partial charge in [-0.1, -0.05) is 13.3 Å². The molecule has 7 nitrogen and oxygen atoms in total. The maximum atomic E-state index is 5.93. The van der Waals surface area contributed by atoms with Gasteiger partial charge in [0.2, 0.25) is 5.95 Å². The fourth-order valence-electron chi connectivity index (χ4n) is 2.87. The van der Waals surface area contributed by atoms with Gasteiger partial charge in [-0.2, -0.15) is 4.98 Å². The number of aryl methyl sites for hydroxylation is 2. The number of nitrogens with two attached hydrogens (primary N) is 1. The Balaban J connectivity index is 1.89. The Hall–Kier alpha value is -2.15. The lowest BCUT2D eigenvalue weighted by molar-refractivity contribution is 0.312. The quantitative estimate of drug-likeness (QED) is 0.888. The lowest BCUT2D eigenvalue weighted by Crippen LogP contribution is -2.44. The predicted molar refractivity (Wildman–Crippen MR) is 92.5 cm³/mol. The van der Waals surface area contributed by atoms with Gasteiger partial charge in [-0.3, -0.25) is 0 Å². The van der Waals surface area contributed by atoms with Gasteiger partial charge in [0.25, 0.3) is 0 Å². The minimum atomic E-state index is 0.294. The first-order chi connectivity index (χ1) is 11.1. The Morgan fingerprint density at radius 3 is 2.61 bits per heavy atom. The van der Waals surface area contributed by atoms with Crippen molar-refractivity contribution < 1.29 is 0 Å². The van der Waals surface area contributed by atoms with E-state index < -0.39 is 0 Å². The molecule has 1 fully saturated rings. The molecule has 0 unspecified atom stereocenters. The third kappa shape index (κ3) is 3.44. The van der Waals surface area contributed by atoms with Gasteiger partial charge >= 0.3 is 0 Å². The van der Waals surface area contributed by atoms with Crippen molar-refractivity contribution in [1.29, 1.82) is 0 Å². The Morgan fingerprint density at radius 1 is 1.17 bits per heavy atom. The smallest absolute Gasteiger partial charge is 0.222 e. The number of anilines is 2. The van der Waals surface area contributed by atoms with Gasteiger partial charge in [-0.05, 0) is 20.4 Å². The topological polar surface area (TPSA) is 87.0 Å². The van der Waals surface area contributed by atoms with Gasteiger partial charge in [0.1, 0.15) is 11.5 Å². The normalized spacial score (nSPS) is 16.0. The van der Waals surface area contributed by atoms with Gasteiger partial charge in [0.15, 0.2) is 5.82 Å². The number of nitrogens with one attached hydrogen (secondary N) is 1. The van der Waals surface area contributed by atoms with E-state index in [0.29, 0.717) is 5.95 Å². The van der Waals surface area contributed by atoms with Gasteiger partial charge in [0, 0.05) is 37.9 Å². The second kappa shape index (κ2) is 6.54. The molecule has 124 valence electrons. The SMILES string of the molecule is CCCc1nc(-c2cc(N3CCN(C)CC3)nc(N)n2)[nH]c1C. The van der Waals surface area contributed by atoms with Gasteiger partial charge in [-0.15, -0.1) is 0 Å². The number of aromatic nitrogens is 4. The van der Waals surface area contributed by atoms with E-state index in [1.54, 1.807) is 0 Å². The number of piperazine rings is 1. The van der Waals surface area contributed by atoms with E-state index in [-0.39, 0.29) is 0 Å². The number of imidazole rings is 1. The third-order valence-electron chi connectivity index (χ3n) is 4.27. The molecule has 3 heterocycles. The molecule has 0 aromatic carbocycles. The monoisotopic (exact) mass is 315 g/mol. The number of nitrogen functional groups attached to an aromatic ring is 1. The summed E-state index contributed by atoms with van der Waals surface area (Å²) >= 11 is 0. The Kier molecular flexibility index (Phi) is 4.47. The minimum Gasteiger partial charge on any atom is -0.368 e. The highest BCUT2D eigenvalue weighted by Gasteiger charge is 2.18. The molecule has 2 aromatic rings. The summed E-state index contributed by atoms with van der Waals surface area (Å²) in [6, 6.07) is 1.98. The molecule has 0 amide bonds. The van der Waals surface area contributed by atoms with Crippen LogP contribution in [0.25, 0.3) is 11.5 Å². The third-order valence-corrected chi connectivity index (χ3v) is 4.27. The van der Waals surface area contributed by atoms with E-state index in [9.17, 15) is 0 Å². The van der Waals surface area contributed by atoms with Gasteiger partial charge in [0.05, 0.1) is 5.69 Å². The summed E-state index contributed by atoms with van der Waals surface area (Å²) in [7, 11) is 2.14. The molecule has 0 spiro atoms. The average molecular weight is 315 g/mol. The Labute approximate surface area is 136 Å². The van der Waals surface area contributed by atoms with E-state index in [0.717, 1.165) is 67.7 Å². The summed E-state index contributed by atoms with van der Waals surface area (Å²) in [5, 5.41) is 0. The lowest BCUT2D eigenvalue weighted by Gasteiger charge is -2.33. The molecule has 7 heteroatoms. The molecular formula is C16H25N7. The zero-order valence-corrected chi connectivity index (χ0v) is 14.1. The second-order valence-corrected chi connectivity index (χ2v) is 6.17. The highest BCUT2D eigenvalue weighted by atomic mass is 15.3. The number of likely N-dealkylation sites (N-methyl/N-ethyl adjacent to an activating group) is 1. The molecule has 23 heavy (non-hydrogen) atoms. The maximum absolute atomic E-state index is 5.93. The molecular weight excluding hydrogens is 290 g/mol. The lowest BCUT2D eigenvalue weighted by atomic mass is 10.2. The van der Waals surface area contributed by atoms with E-state index in [1.165, 1.54) is 0 Å². The van der Waals surface area contributed by atoms with Crippen molar-refractivity contribution >= 4 is 11.8 Å². The molecule has 1 aliphatic heterocycles. The number of H-pyrrole nitrogens is 1. The first kappa shape index (κ1) is 15.7. The van der Waals surface area contributed by atoms with E-state index >= 15 is 0 Å². The zero-order chi connectivity index (χ0) is 16.4. The van der Waals surface area contributed by atoms with Crippen molar-refractivity contribution in [1.82, 2.24) is 24.8 Å². The molecule has 0 radical (unpaired) electrons.